The van der Waals surface area contributed by atoms with Gasteiger partial charge in [0.25, 0.3) is 0 Å². The number of aromatic nitrogens is 2. The zero-order chi connectivity index (χ0) is 13.3. The number of hydrogen-bond donors (Lipinski definition) is 2. The topological polar surface area (TPSA) is 63.0 Å². The molecule has 0 unspecified atom stereocenters. The average molecular weight is 300 g/mol. The van der Waals surface area contributed by atoms with Gasteiger partial charge in [0.1, 0.15) is 10.7 Å². The molecule has 0 bridgehead atoms. The van der Waals surface area contributed by atoms with Gasteiger partial charge >= 0.3 is 0 Å². The van der Waals surface area contributed by atoms with Crippen LogP contribution in [0.15, 0.2) is 12.1 Å². The van der Waals surface area contributed by atoms with Crippen molar-refractivity contribution in [2.45, 2.75) is 33.9 Å². The maximum atomic E-state index is 9.27. The summed E-state index contributed by atoms with van der Waals surface area (Å²) >= 11 is 1.62. The molecule has 0 atom stereocenters. The minimum atomic E-state index is 0. The molecule has 0 spiro atoms. The predicted octanol–water partition coefficient (Wildman–Crippen LogP) is -1.52. The van der Waals surface area contributed by atoms with E-state index in [0.717, 1.165) is 26.8 Å². The Labute approximate surface area is 123 Å². The largest absolute Gasteiger partial charge is 1.00 e. The lowest BCUT2D eigenvalue weighted by molar-refractivity contribution is -0.695. The Bertz CT molecular complexity index is 584. The first-order valence-electron chi connectivity index (χ1n) is 5.84. The molecule has 19 heavy (non-hydrogen) atoms. The van der Waals surface area contributed by atoms with Gasteiger partial charge in [0.2, 0.25) is 5.01 Å². The van der Waals surface area contributed by atoms with Gasteiger partial charge in [-0.15, -0.1) is 0 Å². The summed E-state index contributed by atoms with van der Waals surface area (Å²) in [6.45, 7) is 6.79. The molecule has 0 aliphatic carbocycles. The van der Waals surface area contributed by atoms with Crippen LogP contribution in [0, 0.1) is 20.8 Å². The van der Waals surface area contributed by atoms with E-state index in [4.69, 9.17) is 5.73 Å². The first kappa shape index (κ1) is 15.9. The maximum Gasteiger partial charge on any atom is 0.234 e. The average Bonchev–Trinajstić information content (AvgIpc) is 2.59. The number of aryl methyl sites for hydroxylation is 2. The van der Waals surface area contributed by atoms with Crippen molar-refractivity contribution in [3.8, 4) is 0 Å². The summed E-state index contributed by atoms with van der Waals surface area (Å²) in [5.74, 6) is 0.582. The minimum absolute atomic E-state index is 0. The Hall–Kier alpha value is -1.17. The van der Waals surface area contributed by atoms with Gasteiger partial charge in [0.05, 0.1) is 12.2 Å². The second-order valence-electron chi connectivity index (χ2n) is 4.37. The molecule has 2 aromatic rings. The number of nitrogen functional groups attached to an aromatic ring is 1. The van der Waals surface area contributed by atoms with Crippen molar-refractivity contribution in [1.29, 1.82) is 0 Å². The quantitative estimate of drug-likeness (QED) is 0.677. The van der Waals surface area contributed by atoms with Crippen molar-refractivity contribution < 1.29 is 22.1 Å². The van der Waals surface area contributed by atoms with Gasteiger partial charge in [-0.2, -0.15) is 4.57 Å². The van der Waals surface area contributed by atoms with Crippen molar-refractivity contribution in [1.82, 2.24) is 4.98 Å². The van der Waals surface area contributed by atoms with E-state index >= 15 is 0 Å². The maximum absolute atomic E-state index is 9.27. The highest BCUT2D eigenvalue weighted by atomic mass is 35.5. The summed E-state index contributed by atoms with van der Waals surface area (Å²) in [6, 6.07) is 3.98. The molecule has 0 radical (unpaired) electrons. The molecule has 104 valence electrons. The lowest BCUT2D eigenvalue weighted by Crippen LogP contribution is -3.00. The van der Waals surface area contributed by atoms with Gasteiger partial charge in [-0.05, 0) is 19.1 Å². The van der Waals surface area contributed by atoms with E-state index in [1.54, 1.807) is 11.3 Å². The number of aliphatic hydroxyl groups excluding tert-OH is 1. The van der Waals surface area contributed by atoms with E-state index in [1.807, 2.05) is 26.0 Å². The molecule has 0 amide bonds. The van der Waals surface area contributed by atoms with E-state index in [2.05, 4.69) is 16.5 Å². The monoisotopic (exact) mass is 299 g/mol. The molecule has 6 heteroatoms. The van der Waals surface area contributed by atoms with Gasteiger partial charge < -0.3 is 23.2 Å². The molecule has 3 N–H and O–H groups in total. The number of hydrogen-bond acceptors (Lipinski definition) is 4. The second-order valence-corrected chi connectivity index (χ2v) is 5.66. The molecule has 2 rings (SSSR count). The van der Waals surface area contributed by atoms with Crippen molar-refractivity contribution in [3.63, 3.8) is 0 Å². The predicted molar refractivity (Wildman–Crippen MR) is 72.4 cm³/mol. The second kappa shape index (κ2) is 6.32. The van der Waals surface area contributed by atoms with Crippen LogP contribution in [0.3, 0.4) is 0 Å². The van der Waals surface area contributed by atoms with E-state index in [9.17, 15) is 5.11 Å². The van der Waals surface area contributed by atoms with Crippen LogP contribution in [0.4, 0.5) is 5.82 Å². The lowest BCUT2D eigenvalue weighted by atomic mass is 10.2. The molecule has 0 saturated carbocycles. The molecule has 0 aliphatic rings. The third-order valence-electron chi connectivity index (χ3n) is 3.08. The fourth-order valence-corrected chi connectivity index (χ4v) is 2.97. The van der Waals surface area contributed by atoms with Gasteiger partial charge in [0.15, 0.2) is 12.2 Å². The molecular formula is C13H18ClN3OS. The zero-order valence-electron chi connectivity index (χ0n) is 11.3. The molecule has 0 saturated heterocycles. The third-order valence-corrected chi connectivity index (χ3v) is 4.27. The summed E-state index contributed by atoms with van der Waals surface area (Å²) in [7, 11) is 0. The Kier molecular flexibility index (Phi) is 5.29. The number of pyridine rings is 1. The first-order valence-corrected chi connectivity index (χ1v) is 6.66. The highest BCUT2D eigenvalue weighted by Gasteiger charge is 2.20. The summed E-state index contributed by atoms with van der Waals surface area (Å²) in [6.07, 6.45) is 0. The Morgan fingerprint density at radius 1 is 1.32 bits per heavy atom. The number of anilines is 1. The van der Waals surface area contributed by atoms with Crippen LogP contribution in [0.5, 0.6) is 0 Å². The van der Waals surface area contributed by atoms with Crippen LogP contribution in [0.2, 0.25) is 0 Å². The minimum Gasteiger partial charge on any atom is -1.00 e. The molecule has 2 heterocycles. The van der Waals surface area contributed by atoms with Crippen LogP contribution in [-0.2, 0) is 13.2 Å². The number of aliphatic hydroxyl groups is 1. The number of nitrogens with two attached hydrogens (primary N) is 1. The standard InChI is InChI=1S/C13H18N3OS.ClH/c1-8-4-5-11(13(14)15-8)6-16-9(2)12(7-17)18-10(16)3;/h4-5,17H,6-7H2,1-3H3,(H2,14,15);1H/q+1;/p-1. The normalized spacial score (nSPS) is 10.3. The fourth-order valence-electron chi connectivity index (χ4n) is 1.98. The van der Waals surface area contributed by atoms with Gasteiger partial charge in [0, 0.05) is 19.5 Å². The van der Waals surface area contributed by atoms with Crippen LogP contribution >= 0.6 is 11.3 Å². The third kappa shape index (κ3) is 3.23. The van der Waals surface area contributed by atoms with Crippen molar-refractivity contribution >= 4 is 17.2 Å². The molecular weight excluding hydrogens is 282 g/mol. The van der Waals surface area contributed by atoms with E-state index in [0.29, 0.717) is 12.4 Å². The molecule has 4 nitrogen and oxygen atoms in total. The summed E-state index contributed by atoms with van der Waals surface area (Å²) in [5, 5.41) is 10.4. The van der Waals surface area contributed by atoms with Crippen molar-refractivity contribution in [2.24, 2.45) is 0 Å². The van der Waals surface area contributed by atoms with E-state index in [1.165, 1.54) is 0 Å². The first-order chi connectivity index (χ1) is 8.52. The van der Waals surface area contributed by atoms with Gasteiger partial charge in [-0.25, -0.2) is 4.98 Å². The number of nitrogens with zero attached hydrogens (tertiary/aromatic N) is 2. The summed E-state index contributed by atoms with van der Waals surface area (Å²) in [4.78, 5) is 5.28. The summed E-state index contributed by atoms with van der Waals surface area (Å²) < 4.78 is 2.17. The number of halogens is 1. The van der Waals surface area contributed by atoms with E-state index in [-0.39, 0.29) is 19.0 Å². The van der Waals surface area contributed by atoms with Gasteiger partial charge in [-0.3, -0.25) is 0 Å². The SMILES string of the molecule is Cc1ccc(C[n+]2c(C)sc(CO)c2C)c(N)n1.[Cl-]. The summed E-state index contributed by atoms with van der Waals surface area (Å²) in [5.41, 5.74) is 8.98. The van der Waals surface area contributed by atoms with Crippen LogP contribution < -0.4 is 22.7 Å². The molecule has 0 aliphatic heterocycles. The van der Waals surface area contributed by atoms with Crippen LogP contribution in [0.25, 0.3) is 0 Å². The van der Waals surface area contributed by atoms with Crippen molar-refractivity contribution in [2.75, 3.05) is 5.73 Å². The molecule has 0 fully saturated rings. The van der Waals surface area contributed by atoms with Crippen LogP contribution in [-0.4, -0.2) is 10.1 Å². The van der Waals surface area contributed by atoms with E-state index < -0.39 is 0 Å². The van der Waals surface area contributed by atoms with Crippen molar-refractivity contribution in [3.05, 3.63) is 39.0 Å². The van der Waals surface area contributed by atoms with Gasteiger partial charge in [-0.1, -0.05) is 11.3 Å². The smallest absolute Gasteiger partial charge is 0.234 e. The Balaban J connectivity index is 0.00000180. The Morgan fingerprint density at radius 2 is 2.00 bits per heavy atom. The fraction of sp³-hybridized carbons (Fsp3) is 0.385. The molecule has 2 aromatic heterocycles. The number of thiazole rings is 1. The zero-order valence-corrected chi connectivity index (χ0v) is 12.8. The highest BCUT2D eigenvalue weighted by Crippen LogP contribution is 2.17. The Morgan fingerprint density at radius 3 is 2.53 bits per heavy atom. The lowest BCUT2D eigenvalue weighted by Gasteiger charge is -2.03. The number of rotatable bonds is 3. The van der Waals surface area contributed by atoms with Crippen LogP contribution in [0.1, 0.15) is 26.8 Å². The molecule has 0 aromatic carbocycles. The highest BCUT2D eigenvalue weighted by molar-refractivity contribution is 7.11.